The molecule has 0 saturated carbocycles. The average Bonchev–Trinajstić information content (AvgIpc) is 2.53. The lowest BCUT2D eigenvalue weighted by atomic mass is 10.2. The first-order valence-electron chi connectivity index (χ1n) is 6.98. The van der Waals surface area contributed by atoms with Crippen molar-refractivity contribution < 1.29 is 9.59 Å². The standard InChI is InChI=1S/C15H19N3O3/c1-2-3-4-14(20)17-7-9-18(10-8-17)15(21)12-5-6-13(19)16-11-12/h2,5-6,11H,1,3-4,7-10H2,(H,16,19). The molecule has 21 heavy (non-hydrogen) atoms. The summed E-state index contributed by atoms with van der Waals surface area (Å²) in [5, 5.41) is 0. The molecule has 1 aromatic heterocycles. The van der Waals surface area contributed by atoms with Crippen LogP contribution in [0.3, 0.4) is 0 Å². The van der Waals surface area contributed by atoms with Crippen LogP contribution in [0.15, 0.2) is 35.8 Å². The fourth-order valence-electron chi connectivity index (χ4n) is 2.27. The summed E-state index contributed by atoms with van der Waals surface area (Å²) in [6, 6.07) is 2.85. The van der Waals surface area contributed by atoms with Gasteiger partial charge in [0.1, 0.15) is 0 Å². The zero-order valence-electron chi connectivity index (χ0n) is 11.9. The SMILES string of the molecule is C=CCCC(=O)N1CCN(C(=O)c2ccc(=O)[nH]c2)CC1. The predicted octanol–water partition coefficient (Wildman–Crippen LogP) is 0.626. The maximum Gasteiger partial charge on any atom is 0.255 e. The van der Waals surface area contributed by atoms with Gasteiger partial charge >= 0.3 is 0 Å². The molecule has 112 valence electrons. The number of H-pyrrole nitrogens is 1. The van der Waals surface area contributed by atoms with Crippen LogP contribution in [0.1, 0.15) is 23.2 Å². The number of hydrogen-bond acceptors (Lipinski definition) is 3. The molecule has 2 heterocycles. The van der Waals surface area contributed by atoms with Crippen molar-refractivity contribution >= 4 is 11.8 Å². The van der Waals surface area contributed by atoms with Gasteiger partial charge in [-0.3, -0.25) is 14.4 Å². The lowest BCUT2D eigenvalue weighted by molar-refractivity contribution is -0.132. The third-order valence-corrected chi connectivity index (χ3v) is 3.51. The van der Waals surface area contributed by atoms with Gasteiger partial charge in [-0.15, -0.1) is 6.58 Å². The van der Waals surface area contributed by atoms with Gasteiger partial charge < -0.3 is 14.8 Å². The molecule has 0 radical (unpaired) electrons. The fourth-order valence-corrected chi connectivity index (χ4v) is 2.27. The van der Waals surface area contributed by atoms with E-state index in [1.807, 2.05) is 0 Å². The monoisotopic (exact) mass is 289 g/mol. The summed E-state index contributed by atoms with van der Waals surface area (Å²) in [7, 11) is 0. The normalized spacial score (nSPS) is 14.9. The van der Waals surface area contributed by atoms with E-state index in [-0.39, 0.29) is 17.4 Å². The smallest absolute Gasteiger partial charge is 0.255 e. The van der Waals surface area contributed by atoms with Crippen LogP contribution >= 0.6 is 0 Å². The van der Waals surface area contributed by atoms with Crippen molar-refractivity contribution in [1.82, 2.24) is 14.8 Å². The van der Waals surface area contributed by atoms with Gasteiger partial charge in [0.15, 0.2) is 0 Å². The minimum Gasteiger partial charge on any atom is -0.339 e. The molecule has 2 amide bonds. The number of aromatic nitrogens is 1. The maximum atomic E-state index is 12.2. The van der Waals surface area contributed by atoms with Gasteiger partial charge in [0.25, 0.3) is 5.91 Å². The van der Waals surface area contributed by atoms with Crippen LogP contribution in [0.25, 0.3) is 0 Å². The molecule has 1 aliphatic rings. The number of allylic oxidation sites excluding steroid dienone is 1. The molecule has 1 fully saturated rings. The van der Waals surface area contributed by atoms with Crippen LogP contribution in [0, 0.1) is 0 Å². The summed E-state index contributed by atoms with van der Waals surface area (Å²) in [5.74, 6) is -0.0181. The number of pyridine rings is 1. The lowest BCUT2D eigenvalue weighted by Crippen LogP contribution is -2.50. The van der Waals surface area contributed by atoms with Crippen molar-refractivity contribution in [3.05, 3.63) is 46.9 Å². The van der Waals surface area contributed by atoms with Crippen LogP contribution in [0.5, 0.6) is 0 Å². The van der Waals surface area contributed by atoms with E-state index in [9.17, 15) is 14.4 Å². The molecule has 1 saturated heterocycles. The Balaban J connectivity index is 1.90. The molecule has 1 aromatic rings. The number of carbonyl (C=O) groups excluding carboxylic acids is 2. The molecule has 2 rings (SSSR count). The van der Waals surface area contributed by atoms with Gasteiger partial charge in [-0.05, 0) is 12.5 Å². The maximum absolute atomic E-state index is 12.2. The Bertz CT molecular complexity index is 566. The topological polar surface area (TPSA) is 73.5 Å². The summed E-state index contributed by atoms with van der Waals surface area (Å²) in [5.41, 5.74) is 0.227. The zero-order chi connectivity index (χ0) is 15.2. The number of nitrogens with zero attached hydrogens (tertiary/aromatic N) is 2. The Labute approximate surface area is 123 Å². The first kappa shape index (κ1) is 15.0. The van der Waals surface area contributed by atoms with Crippen LogP contribution in [-0.4, -0.2) is 52.8 Å². The Morgan fingerprint density at radius 1 is 1.19 bits per heavy atom. The van der Waals surface area contributed by atoms with Crippen LogP contribution in [0.2, 0.25) is 0 Å². The third-order valence-electron chi connectivity index (χ3n) is 3.51. The largest absolute Gasteiger partial charge is 0.339 e. The number of aromatic amines is 1. The fraction of sp³-hybridized carbons (Fsp3) is 0.400. The van der Waals surface area contributed by atoms with Crippen molar-refractivity contribution in [2.45, 2.75) is 12.8 Å². The second-order valence-corrected chi connectivity index (χ2v) is 4.94. The van der Waals surface area contributed by atoms with Crippen molar-refractivity contribution in [2.24, 2.45) is 0 Å². The van der Waals surface area contributed by atoms with Crippen LogP contribution in [-0.2, 0) is 4.79 Å². The summed E-state index contributed by atoms with van der Waals surface area (Å²) < 4.78 is 0. The number of piperazine rings is 1. The van der Waals surface area contributed by atoms with Crippen molar-refractivity contribution in [3.8, 4) is 0 Å². The Morgan fingerprint density at radius 2 is 1.86 bits per heavy atom. The van der Waals surface area contributed by atoms with E-state index in [4.69, 9.17) is 0 Å². The zero-order valence-corrected chi connectivity index (χ0v) is 11.9. The summed E-state index contributed by atoms with van der Waals surface area (Å²) >= 11 is 0. The number of rotatable bonds is 4. The Morgan fingerprint density at radius 3 is 2.43 bits per heavy atom. The van der Waals surface area contributed by atoms with Crippen molar-refractivity contribution in [2.75, 3.05) is 26.2 Å². The van der Waals surface area contributed by atoms with Crippen LogP contribution in [0.4, 0.5) is 0 Å². The molecule has 0 unspecified atom stereocenters. The molecule has 0 atom stereocenters. The first-order chi connectivity index (χ1) is 10.1. The number of nitrogens with one attached hydrogen (secondary N) is 1. The van der Waals surface area contributed by atoms with Gasteiger partial charge in [-0.25, -0.2) is 0 Å². The van der Waals surface area contributed by atoms with E-state index in [1.165, 1.54) is 18.3 Å². The summed E-state index contributed by atoms with van der Waals surface area (Å²) in [4.78, 5) is 41.1. The van der Waals surface area contributed by atoms with Gasteiger partial charge in [0, 0.05) is 44.9 Å². The van der Waals surface area contributed by atoms with Crippen molar-refractivity contribution in [1.29, 1.82) is 0 Å². The van der Waals surface area contributed by atoms with Gasteiger partial charge in [0.2, 0.25) is 11.5 Å². The minimum atomic E-state index is -0.232. The highest BCUT2D eigenvalue weighted by Gasteiger charge is 2.24. The molecule has 6 heteroatoms. The molecule has 0 bridgehead atoms. The second kappa shape index (κ2) is 6.88. The predicted molar refractivity (Wildman–Crippen MR) is 79.0 cm³/mol. The van der Waals surface area contributed by atoms with E-state index in [1.54, 1.807) is 15.9 Å². The van der Waals surface area contributed by atoms with E-state index in [0.717, 1.165) is 0 Å². The van der Waals surface area contributed by atoms with Gasteiger partial charge in [-0.2, -0.15) is 0 Å². The van der Waals surface area contributed by atoms with E-state index >= 15 is 0 Å². The third kappa shape index (κ3) is 3.81. The van der Waals surface area contributed by atoms with Gasteiger partial charge in [-0.1, -0.05) is 6.08 Å². The number of hydrogen-bond donors (Lipinski definition) is 1. The Kier molecular flexibility index (Phi) is 4.92. The van der Waals surface area contributed by atoms with E-state index in [2.05, 4.69) is 11.6 Å². The highest BCUT2D eigenvalue weighted by atomic mass is 16.2. The van der Waals surface area contributed by atoms with Crippen LogP contribution < -0.4 is 5.56 Å². The summed E-state index contributed by atoms with van der Waals surface area (Å²) in [6.45, 7) is 5.72. The molecule has 0 aliphatic carbocycles. The quantitative estimate of drug-likeness (QED) is 0.826. The second-order valence-electron chi connectivity index (χ2n) is 4.94. The highest BCUT2D eigenvalue weighted by Crippen LogP contribution is 2.09. The lowest BCUT2D eigenvalue weighted by Gasteiger charge is -2.34. The molecule has 0 spiro atoms. The average molecular weight is 289 g/mol. The number of amides is 2. The highest BCUT2D eigenvalue weighted by molar-refractivity contribution is 5.94. The molecular formula is C15H19N3O3. The Hall–Kier alpha value is -2.37. The van der Waals surface area contributed by atoms with E-state index < -0.39 is 0 Å². The van der Waals surface area contributed by atoms with Gasteiger partial charge in [0.05, 0.1) is 5.56 Å². The molecule has 1 aliphatic heterocycles. The summed E-state index contributed by atoms with van der Waals surface area (Å²) in [6.07, 6.45) is 4.30. The van der Waals surface area contributed by atoms with E-state index in [0.29, 0.717) is 44.6 Å². The molecule has 1 N–H and O–H groups in total. The molecule has 6 nitrogen and oxygen atoms in total. The minimum absolute atomic E-state index is 0.103. The molecule has 0 aromatic carbocycles. The van der Waals surface area contributed by atoms with Crippen molar-refractivity contribution in [3.63, 3.8) is 0 Å². The molecular weight excluding hydrogens is 270 g/mol. The number of carbonyl (C=O) groups is 2. The first-order valence-corrected chi connectivity index (χ1v) is 6.98.